The lowest BCUT2D eigenvalue weighted by Gasteiger charge is -2.10. The number of hydrogen-bond donors (Lipinski definition) is 2. The van der Waals surface area contributed by atoms with Crippen LogP contribution in [0.5, 0.6) is 5.75 Å². The summed E-state index contributed by atoms with van der Waals surface area (Å²) >= 11 is 0. The number of para-hydroxylation sites is 2. The summed E-state index contributed by atoms with van der Waals surface area (Å²) in [5.41, 5.74) is 1.85. The van der Waals surface area contributed by atoms with E-state index >= 15 is 0 Å². The maximum Gasteiger partial charge on any atom is 0.274 e. The topological polar surface area (TPSA) is 63.2 Å². The van der Waals surface area contributed by atoms with Crippen LogP contribution in [0.3, 0.4) is 0 Å². The molecular weight excluding hydrogens is 254 g/mol. The summed E-state index contributed by atoms with van der Waals surface area (Å²) in [6.45, 7) is 2.78. The van der Waals surface area contributed by atoms with E-state index in [9.17, 15) is 4.79 Å². The average molecular weight is 271 g/mol. The van der Waals surface area contributed by atoms with E-state index in [4.69, 9.17) is 4.74 Å². The highest BCUT2D eigenvalue weighted by molar-refractivity contribution is 6.04. The third-order valence-corrected chi connectivity index (χ3v) is 2.73. The molecule has 1 aromatic carbocycles. The molecule has 2 aromatic rings. The Kier molecular flexibility index (Phi) is 4.55. The summed E-state index contributed by atoms with van der Waals surface area (Å²) in [6.07, 6.45) is 1.61. The number of carbonyl (C=O) groups excluding carboxylic acids is 1. The second-order valence-electron chi connectivity index (χ2n) is 4.11. The molecule has 0 saturated carbocycles. The van der Waals surface area contributed by atoms with Gasteiger partial charge in [-0.15, -0.1) is 0 Å². The molecule has 1 amide bonds. The summed E-state index contributed by atoms with van der Waals surface area (Å²) in [5, 5.41) is 5.94. The molecule has 0 spiro atoms. The SMILES string of the molecule is CCNc1ccnc(C(=O)Nc2ccccc2OC)c1. The molecule has 5 heteroatoms. The fourth-order valence-electron chi connectivity index (χ4n) is 1.80. The Morgan fingerprint density at radius 2 is 2.10 bits per heavy atom. The van der Waals surface area contributed by atoms with Gasteiger partial charge in [0.25, 0.3) is 5.91 Å². The third kappa shape index (κ3) is 3.26. The van der Waals surface area contributed by atoms with Crippen molar-refractivity contribution in [2.24, 2.45) is 0 Å². The molecule has 0 aliphatic heterocycles. The van der Waals surface area contributed by atoms with Crippen LogP contribution in [-0.2, 0) is 0 Å². The lowest BCUT2D eigenvalue weighted by Crippen LogP contribution is -2.14. The molecule has 0 aliphatic carbocycles. The van der Waals surface area contributed by atoms with Gasteiger partial charge in [0, 0.05) is 18.4 Å². The van der Waals surface area contributed by atoms with E-state index in [1.54, 1.807) is 31.5 Å². The number of hydrogen-bond acceptors (Lipinski definition) is 4. The highest BCUT2D eigenvalue weighted by Crippen LogP contribution is 2.23. The van der Waals surface area contributed by atoms with Crippen LogP contribution in [0.1, 0.15) is 17.4 Å². The van der Waals surface area contributed by atoms with Gasteiger partial charge < -0.3 is 15.4 Å². The predicted molar refractivity (Wildman–Crippen MR) is 79.3 cm³/mol. The van der Waals surface area contributed by atoms with Crippen LogP contribution >= 0.6 is 0 Å². The highest BCUT2D eigenvalue weighted by Gasteiger charge is 2.10. The van der Waals surface area contributed by atoms with Gasteiger partial charge in [-0.1, -0.05) is 12.1 Å². The van der Waals surface area contributed by atoms with Crippen LogP contribution in [-0.4, -0.2) is 24.5 Å². The molecular formula is C15H17N3O2. The Labute approximate surface area is 118 Å². The number of rotatable bonds is 5. The van der Waals surface area contributed by atoms with E-state index in [0.717, 1.165) is 12.2 Å². The Balaban J connectivity index is 2.17. The van der Waals surface area contributed by atoms with Crippen LogP contribution in [0.15, 0.2) is 42.6 Å². The van der Waals surface area contributed by atoms with E-state index in [1.165, 1.54) is 0 Å². The average Bonchev–Trinajstić information content (AvgIpc) is 2.48. The van der Waals surface area contributed by atoms with Gasteiger partial charge in [0.15, 0.2) is 0 Å². The standard InChI is InChI=1S/C15H17N3O2/c1-3-16-11-8-9-17-13(10-11)15(19)18-12-6-4-5-7-14(12)20-2/h4-10H,3H2,1-2H3,(H,16,17)(H,18,19). The van der Waals surface area contributed by atoms with Gasteiger partial charge in [0.1, 0.15) is 11.4 Å². The molecule has 0 fully saturated rings. The zero-order chi connectivity index (χ0) is 14.4. The van der Waals surface area contributed by atoms with Crippen molar-refractivity contribution < 1.29 is 9.53 Å². The molecule has 0 bridgehead atoms. The largest absolute Gasteiger partial charge is 0.495 e. The van der Waals surface area contributed by atoms with Crippen LogP contribution in [0.4, 0.5) is 11.4 Å². The number of benzene rings is 1. The molecule has 2 N–H and O–H groups in total. The van der Waals surface area contributed by atoms with Crippen molar-refractivity contribution in [3.63, 3.8) is 0 Å². The maximum absolute atomic E-state index is 12.2. The molecule has 0 radical (unpaired) electrons. The molecule has 0 atom stereocenters. The number of methoxy groups -OCH3 is 1. The molecule has 0 saturated heterocycles. The Hall–Kier alpha value is -2.56. The number of ether oxygens (including phenoxy) is 1. The zero-order valence-electron chi connectivity index (χ0n) is 11.5. The first-order chi connectivity index (χ1) is 9.74. The third-order valence-electron chi connectivity index (χ3n) is 2.73. The molecule has 1 aromatic heterocycles. The van der Waals surface area contributed by atoms with Crippen molar-refractivity contribution in [2.75, 3.05) is 24.3 Å². The highest BCUT2D eigenvalue weighted by atomic mass is 16.5. The Morgan fingerprint density at radius 3 is 2.85 bits per heavy atom. The number of carbonyl (C=O) groups is 1. The lowest BCUT2D eigenvalue weighted by atomic mass is 10.2. The number of aromatic nitrogens is 1. The minimum atomic E-state index is -0.269. The number of anilines is 2. The van der Waals surface area contributed by atoms with E-state index in [-0.39, 0.29) is 5.91 Å². The first kappa shape index (κ1) is 13.9. The van der Waals surface area contributed by atoms with Crippen molar-refractivity contribution in [1.82, 2.24) is 4.98 Å². The van der Waals surface area contributed by atoms with Gasteiger partial charge in [0.2, 0.25) is 0 Å². The molecule has 0 unspecified atom stereocenters. The first-order valence-corrected chi connectivity index (χ1v) is 6.39. The normalized spacial score (nSPS) is 9.90. The van der Waals surface area contributed by atoms with Gasteiger partial charge in [0.05, 0.1) is 12.8 Å². The minimum Gasteiger partial charge on any atom is -0.495 e. The number of amides is 1. The molecule has 104 valence electrons. The van der Waals surface area contributed by atoms with Crippen molar-refractivity contribution in [1.29, 1.82) is 0 Å². The number of nitrogens with one attached hydrogen (secondary N) is 2. The zero-order valence-corrected chi connectivity index (χ0v) is 11.5. The fraction of sp³-hybridized carbons (Fsp3) is 0.200. The second-order valence-corrected chi connectivity index (χ2v) is 4.11. The van der Waals surface area contributed by atoms with Gasteiger partial charge in [-0.2, -0.15) is 0 Å². The minimum absolute atomic E-state index is 0.269. The monoisotopic (exact) mass is 271 g/mol. The van der Waals surface area contributed by atoms with E-state index in [0.29, 0.717) is 17.1 Å². The smallest absolute Gasteiger partial charge is 0.274 e. The fourth-order valence-corrected chi connectivity index (χ4v) is 1.80. The Bertz CT molecular complexity index is 599. The molecule has 2 rings (SSSR count). The summed E-state index contributed by atoms with van der Waals surface area (Å²) in [4.78, 5) is 16.3. The van der Waals surface area contributed by atoms with E-state index in [1.807, 2.05) is 25.1 Å². The molecule has 20 heavy (non-hydrogen) atoms. The Morgan fingerprint density at radius 1 is 1.30 bits per heavy atom. The summed E-state index contributed by atoms with van der Waals surface area (Å²) in [5.74, 6) is 0.345. The first-order valence-electron chi connectivity index (χ1n) is 6.39. The van der Waals surface area contributed by atoms with Crippen molar-refractivity contribution >= 4 is 17.3 Å². The van der Waals surface area contributed by atoms with Crippen molar-refractivity contribution in [3.05, 3.63) is 48.3 Å². The molecule has 1 heterocycles. The number of pyridine rings is 1. The number of nitrogens with zero attached hydrogens (tertiary/aromatic N) is 1. The van der Waals surface area contributed by atoms with Gasteiger partial charge in [-0.25, -0.2) is 0 Å². The lowest BCUT2D eigenvalue weighted by molar-refractivity contribution is 0.102. The van der Waals surface area contributed by atoms with Crippen LogP contribution in [0, 0.1) is 0 Å². The summed E-state index contributed by atoms with van der Waals surface area (Å²) in [7, 11) is 1.56. The van der Waals surface area contributed by atoms with E-state index in [2.05, 4.69) is 15.6 Å². The summed E-state index contributed by atoms with van der Waals surface area (Å²) in [6, 6.07) is 10.8. The van der Waals surface area contributed by atoms with Gasteiger partial charge in [-0.05, 0) is 31.2 Å². The van der Waals surface area contributed by atoms with Crippen molar-refractivity contribution in [2.45, 2.75) is 6.92 Å². The molecule has 0 aliphatic rings. The quantitative estimate of drug-likeness (QED) is 0.877. The summed E-state index contributed by atoms with van der Waals surface area (Å²) < 4.78 is 5.20. The van der Waals surface area contributed by atoms with Gasteiger partial charge >= 0.3 is 0 Å². The predicted octanol–water partition coefficient (Wildman–Crippen LogP) is 2.77. The second kappa shape index (κ2) is 6.56. The maximum atomic E-state index is 12.2. The molecule has 5 nitrogen and oxygen atoms in total. The van der Waals surface area contributed by atoms with Gasteiger partial charge in [-0.3, -0.25) is 9.78 Å². The van der Waals surface area contributed by atoms with Crippen LogP contribution in [0.25, 0.3) is 0 Å². The van der Waals surface area contributed by atoms with Crippen LogP contribution < -0.4 is 15.4 Å². The van der Waals surface area contributed by atoms with Crippen LogP contribution in [0.2, 0.25) is 0 Å². The van der Waals surface area contributed by atoms with Crippen molar-refractivity contribution in [3.8, 4) is 5.75 Å². The van der Waals surface area contributed by atoms with E-state index < -0.39 is 0 Å².